The predicted octanol–water partition coefficient (Wildman–Crippen LogP) is 3.19. The van der Waals surface area contributed by atoms with E-state index in [9.17, 15) is 9.18 Å². The predicted molar refractivity (Wildman–Crippen MR) is 100 cm³/mol. The van der Waals surface area contributed by atoms with Crippen LogP contribution in [0.4, 0.5) is 4.39 Å². The van der Waals surface area contributed by atoms with E-state index in [2.05, 4.69) is 4.99 Å². The van der Waals surface area contributed by atoms with Gasteiger partial charge in [-0.15, -0.1) is 0 Å². The van der Waals surface area contributed by atoms with E-state index in [0.717, 1.165) is 10.9 Å². The molecule has 0 aliphatic carbocycles. The molecule has 3 aromatic rings. The monoisotopic (exact) mass is 335 g/mol. The minimum absolute atomic E-state index is 0.163. The number of aromatic nitrogens is 1. The van der Waals surface area contributed by atoms with Crippen LogP contribution in [0.2, 0.25) is 0 Å². The van der Waals surface area contributed by atoms with Crippen molar-refractivity contribution < 1.29 is 4.39 Å². The van der Waals surface area contributed by atoms with Crippen LogP contribution in [0.3, 0.4) is 0 Å². The van der Waals surface area contributed by atoms with Crippen molar-refractivity contribution in [2.24, 2.45) is 10.7 Å². The Morgan fingerprint density at radius 3 is 2.72 bits per heavy atom. The molecule has 2 aromatic carbocycles. The van der Waals surface area contributed by atoms with Gasteiger partial charge in [-0.05, 0) is 29.1 Å². The Labute approximate surface area is 144 Å². The molecule has 0 saturated carbocycles. The molecule has 3 rings (SSSR count). The average Bonchev–Trinajstić information content (AvgIpc) is 2.63. The molecule has 1 aromatic heterocycles. The summed E-state index contributed by atoms with van der Waals surface area (Å²) in [5.74, 6) is -0.388. The standard InChI is InChI=1S/C20H18FN3O/c1-23-12-17(11-22)15-6-7-16(18(21)10-15)13-24-19-5-3-2-4-14(19)8-9-20(24)25/h2-12H,13,22H2,1H3/b17-11+,23-12?. The highest BCUT2D eigenvalue weighted by atomic mass is 19.1. The van der Waals surface area contributed by atoms with Crippen LogP contribution in [0, 0.1) is 5.82 Å². The molecule has 4 nitrogen and oxygen atoms in total. The zero-order valence-corrected chi connectivity index (χ0v) is 13.8. The molecule has 2 N–H and O–H groups in total. The highest BCUT2D eigenvalue weighted by molar-refractivity contribution is 6.09. The summed E-state index contributed by atoms with van der Waals surface area (Å²) in [6, 6.07) is 15.7. The Balaban J connectivity index is 2.03. The normalized spacial score (nSPS) is 12.2. The second-order valence-corrected chi connectivity index (χ2v) is 5.63. The lowest BCUT2D eigenvalue weighted by Gasteiger charge is -2.12. The van der Waals surface area contributed by atoms with Gasteiger partial charge in [-0.2, -0.15) is 0 Å². The summed E-state index contributed by atoms with van der Waals surface area (Å²) in [5.41, 5.74) is 7.89. The maximum absolute atomic E-state index is 14.6. The fraction of sp³-hybridized carbons (Fsp3) is 0.100. The molecule has 126 valence electrons. The van der Waals surface area contributed by atoms with Gasteiger partial charge in [-0.25, -0.2) is 4.39 Å². The van der Waals surface area contributed by atoms with Crippen molar-refractivity contribution in [3.63, 3.8) is 0 Å². The lowest BCUT2D eigenvalue weighted by atomic mass is 10.0. The van der Waals surface area contributed by atoms with Crippen LogP contribution in [-0.4, -0.2) is 17.8 Å². The molecule has 1 heterocycles. The lowest BCUT2D eigenvalue weighted by molar-refractivity contribution is 0.599. The molecule has 0 aliphatic heterocycles. The number of rotatable bonds is 4. The van der Waals surface area contributed by atoms with E-state index in [0.29, 0.717) is 16.7 Å². The van der Waals surface area contributed by atoms with Crippen LogP contribution in [0.1, 0.15) is 11.1 Å². The maximum Gasteiger partial charge on any atom is 0.251 e. The number of halogens is 1. The number of hydrogen-bond donors (Lipinski definition) is 1. The molecule has 0 amide bonds. The number of aliphatic imine (C=N–C) groups is 1. The molecule has 0 spiro atoms. The molecule has 0 aliphatic rings. The summed E-state index contributed by atoms with van der Waals surface area (Å²) in [4.78, 5) is 16.2. The molecule has 0 fully saturated rings. The first-order chi connectivity index (χ1) is 12.1. The summed E-state index contributed by atoms with van der Waals surface area (Å²) in [6.07, 6.45) is 2.96. The third-order valence-corrected chi connectivity index (χ3v) is 4.06. The van der Waals surface area contributed by atoms with Gasteiger partial charge in [0.05, 0.1) is 12.1 Å². The summed E-state index contributed by atoms with van der Waals surface area (Å²) in [6.45, 7) is 0.163. The first-order valence-electron chi connectivity index (χ1n) is 7.85. The second-order valence-electron chi connectivity index (χ2n) is 5.63. The smallest absolute Gasteiger partial charge is 0.251 e. The van der Waals surface area contributed by atoms with Gasteiger partial charge in [0, 0.05) is 36.7 Å². The number of nitrogens with zero attached hydrogens (tertiary/aromatic N) is 2. The third-order valence-electron chi connectivity index (χ3n) is 4.06. The van der Waals surface area contributed by atoms with Crippen LogP contribution in [-0.2, 0) is 6.54 Å². The molecule has 0 bridgehead atoms. The molecule has 25 heavy (non-hydrogen) atoms. The van der Waals surface area contributed by atoms with E-state index < -0.39 is 0 Å². The zero-order valence-electron chi connectivity index (χ0n) is 13.8. The fourth-order valence-electron chi connectivity index (χ4n) is 2.79. The number of benzene rings is 2. The van der Waals surface area contributed by atoms with E-state index in [1.54, 1.807) is 36.0 Å². The molecule has 0 saturated heterocycles. The number of allylic oxidation sites excluding steroid dienone is 1. The SMILES string of the molecule is CN=C/C(=C\N)c1ccc(Cn2c(=O)ccc3ccccc32)c(F)c1. The molecule has 0 unspecified atom stereocenters. The minimum atomic E-state index is -0.388. The zero-order chi connectivity index (χ0) is 17.8. The first kappa shape index (κ1) is 16.6. The van der Waals surface area contributed by atoms with Crippen LogP contribution < -0.4 is 11.3 Å². The Hall–Kier alpha value is -3.21. The van der Waals surface area contributed by atoms with Crippen LogP contribution in [0.15, 0.2) is 70.6 Å². The van der Waals surface area contributed by atoms with Crippen molar-refractivity contribution in [3.8, 4) is 0 Å². The van der Waals surface area contributed by atoms with Gasteiger partial charge in [0.25, 0.3) is 5.56 Å². The number of nitrogens with two attached hydrogens (primary N) is 1. The number of para-hydroxylation sites is 1. The Morgan fingerprint density at radius 1 is 1.20 bits per heavy atom. The van der Waals surface area contributed by atoms with Crippen molar-refractivity contribution in [3.05, 3.63) is 88.1 Å². The van der Waals surface area contributed by atoms with Crippen LogP contribution in [0.25, 0.3) is 16.5 Å². The average molecular weight is 335 g/mol. The van der Waals surface area contributed by atoms with Crippen molar-refractivity contribution in [2.45, 2.75) is 6.54 Å². The third kappa shape index (κ3) is 3.35. The molecular weight excluding hydrogens is 317 g/mol. The minimum Gasteiger partial charge on any atom is -0.404 e. The summed E-state index contributed by atoms with van der Waals surface area (Å²) >= 11 is 0. The lowest BCUT2D eigenvalue weighted by Crippen LogP contribution is -2.20. The first-order valence-corrected chi connectivity index (χ1v) is 7.85. The number of hydrogen-bond acceptors (Lipinski definition) is 3. The molecular formula is C20H18FN3O. The molecule has 5 heteroatoms. The molecule has 0 radical (unpaired) electrons. The summed E-state index contributed by atoms with van der Waals surface area (Å²) in [7, 11) is 1.63. The van der Waals surface area contributed by atoms with E-state index in [-0.39, 0.29) is 17.9 Å². The van der Waals surface area contributed by atoms with Gasteiger partial charge in [-0.1, -0.05) is 30.3 Å². The van der Waals surface area contributed by atoms with E-state index >= 15 is 0 Å². The highest BCUT2D eigenvalue weighted by Gasteiger charge is 2.09. The van der Waals surface area contributed by atoms with Crippen molar-refractivity contribution >= 4 is 22.7 Å². The Bertz CT molecular complexity index is 1030. The van der Waals surface area contributed by atoms with Gasteiger partial charge in [-0.3, -0.25) is 9.79 Å². The summed E-state index contributed by atoms with van der Waals surface area (Å²) < 4.78 is 16.1. The number of fused-ring (bicyclic) bond motifs is 1. The Morgan fingerprint density at radius 2 is 2.00 bits per heavy atom. The van der Waals surface area contributed by atoms with E-state index in [1.165, 1.54) is 18.3 Å². The van der Waals surface area contributed by atoms with Crippen molar-refractivity contribution in [1.82, 2.24) is 4.57 Å². The fourth-order valence-corrected chi connectivity index (χ4v) is 2.79. The van der Waals surface area contributed by atoms with Crippen molar-refractivity contribution in [1.29, 1.82) is 0 Å². The topological polar surface area (TPSA) is 60.4 Å². The number of pyridine rings is 1. The quantitative estimate of drug-likeness (QED) is 0.744. The second kappa shape index (κ2) is 7.13. The van der Waals surface area contributed by atoms with Gasteiger partial charge in [0.1, 0.15) is 5.82 Å². The van der Waals surface area contributed by atoms with Crippen LogP contribution in [0.5, 0.6) is 0 Å². The Kier molecular flexibility index (Phi) is 4.75. The van der Waals surface area contributed by atoms with Crippen LogP contribution >= 0.6 is 0 Å². The largest absolute Gasteiger partial charge is 0.404 e. The van der Waals surface area contributed by atoms with Crippen molar-refractivity contribution in [2.75, 3.05) is 7.05 Å². The summed E-state index contributed by atoms with van der Waals surface area (Å²) in [5, 5.41) is 0.937. The molecule has 0 atom stereocenters. The highest BCUT2D eigenvalue weighted by Crippen LogP contribution is 2.19. The van der Waals surface area contributed by atoms with Gasteiger partial charge >= 0.3 is 0 Å². The van der Waals surface area contributed by atoms with E-state index in [1.807, 2.05) is 24.3 Å². The van der Waals surface area contributed by atoms with Gasteiger partial charge < -0.3 is 10.3 Å². The van der Waals surface area contributed by atoms with Gasteiger partial charge in [0.15, 0.2) is 0 Å². The van der Waals surface area contributed by atoms with E-state index in [4.69, 9.17) is 5.73 Å². The van der Waals surface area contributed by atoms with Gasteiger partial charge in [0.2, 0.25) is 0 Å². The maximum atomic E-state index is 14.6.